The maximum absolute atomic E-state index is 6.20. The van der Waals surface area contributed by atoms with Crippen LogP contribution in [0.3, 0.4) is 0 Å². The molecule has 4 heterocycles. The van der Waals surface area contributed by atoms with Crippen LogP contribution in [-0.4, -0.2) is 51.2 Å². The number of aromatic nitrogens is 6. The molecule has 0 saturated carbocycles. The number of ether oxygens (including phenoxy) is 3. The number of rotatable bonds is 3. The molecule has 1 aliphatic rings. The Morgan fingerprint density at radius 1 is 0.318 bits per heavy atom. The molecular weight excluding hydrogens is 937 g/mol. The largest absolute Gasteiger partial charge is 0.496 e. The molecule has 0 saturated heterocycles. The van der Waals surface area contributed by atoms with Gasteiger partial charge in [0.2, 0.25) is 0 Å². The average molecular weight is 997 g/mol. The average Bonchev–Trinajstić information content (AvgIpc) is 3.28. The van der Waals surface area contributed by atoms with Gasteiger partial charge in [0.05, 0.1) is 21.3 Å². The standard InChI is InChI=1S/C51H60N6O3S6/c1-49(2,3)37-13-31-22-61-40-19-42(54-28-52-40)63-24-33-15-38(50(4,5)6)17-35(47(33)59-11)26-65-44-21-45(57-30-56-44)66-27-36-18-39(51(7,8)9)16-34(48(36)60-12)25-64-43-20-41(53-29-55-43)62-23-32(14-37)46(31)58-10/h13-21,28-30H,22-27H2,1-12H3. The third-order valence-corrected chi connectivity index (χ3v) is 16.9. The van der Waals surface area contributed by atoms with Crippen molar-refractivity contribution in [2.45, 2.75) is 143 Å². The summed E-state index contributed by atoms with van der Waals surface area (Å²) in [5, 5.41) is 5.45. The van der Waals surface area contributed by atoms with Gasteiger partial charge in [0.15, 0.2) is 0 Å². The fourth-order valence-electron chi connectivity index (χ4n) is 7.34. The highest BCUT2D eigenvalue weighted by Crippen LogP contribution is 2.42. The monoisotopic (exact) mass is 996 g/mol. The summed E-state index contributed by atoms with van der Waals surface area (Å²) < 4.78 is 18.6. The minimum atomic E-state index is -0.0639. The molecule has 0 N–H and O–H groups in total. The van der Waals surface area contributed by atoms with Crippen molar-refractivity contribution < 1.29 is 14.2 Å². The van der Waals surface area contributed by atoms with Crippen LogP contribution in [0.15, 0.2) is 104 Å². The third-order valence-electron chi connectivity index (χ3n) is 11.0. The molecular formula is C51H60N6O3S6. The summed E-state index contributed by atoms with van der Waals surface area (Å²) in [7, 11) is 5.30. The normalized spacial score (nSPS) is 14.5. The van der Waals surface area contributed by atoms with E-state index in [0.29, 0.717) is 34.5 Å². The molecule has 1 aliphatic heterocycles. The first-order chi connectivity index (χ1) is 31.4. The van der Waals surface area contributed by atoms with E-state index in [1.165, 1.54) is 16.7 Å². The molecule has 7 rings (SSSR count). The van der Waals surface area contributed by atoms with Gasteiger partial charge in [-0.25, -0.2) is 29.9 Å². The summed E-state index contributed by atoms with van der Waals surface area (Å²) in [6, 6.07) is 20.0. The number of benzene rings is 3. The topological polar surface area (TPSA) is 105 Å². The van der Waals surface area contributed by atoms with Crippen LogP contribution in [0, 0.1) is 0 Å². The lowest BCUT2D eigenvalue weighted by Crippen LogP contribution is -2.13. The molecule has 0 spiro atoms. The second-order valence-electron chi connectivity index (χ2n) is 19.0. The molecule has 0 atom stereocenters. The fourth-order valence-corrected chi connectivity index (χ4v) is 12.6. The molecule has 9 nitrogen and oxygen atoms in total. The Bertz CT molecular complexity index is 2240. The molecule has 15 heteroatoms. The first-order valence-corrected chi connectivity index (χ1v) is 27.7. The van der Waals surface area contributed by atoms with Gasteiger partial charge in [-0.15, -0.1) is 70.6 Å². The van der Waals surface area contributed by atoms with Crippen molar-refractivity contribution in [2.24, 2.45) is 0 Å². The highest BCUT2D eigenvalue weighted by atomic mass is 32.2. The zero-order valence-electron chi connectivity index (χ0n) is 40.0. The first-order valence-electron chi connectivity index (χ1n) is 21.8. The van der Waals surface area contributed by atoms with Crippen molar-refractivity contribution in [3.63, 3.8) is 0 Å². The quantitative estimate of drug-likeness (QED) is 0.157. The van der Waals surface area contributed by atoms with Crippen LogP contribution in [0.25, 0.3) is 0 Å². The van der Waals surface area contributed by atoms with Gasteiger partial charge in [-0.2, -0.15) is 0 Å². The zero-order valence-corrected chi connectivity index (χ0v) is 44.9. The second-order valence-corrected chi connectivity index (χ2v) is 25.0. The van der Waals surface area contributed by atoms with Crippen molar-refractivity contribution in [3.8, 4) is 17.2 Å². The number of fused-ring (bicyclic) bond motifs is 12. The van der Waals surface area contributed by atoms with Crippen LogP contribution in [0.2, 0.25) is 0 Å². The van der Waals surface area contributed by atoms with E-state index >= 15 is 0 Å². The second kappa shape index (κ2) is 21.8. The SMILES string of the molecule is COc1c2cc(C(C)(C)C)cc1CSc1cc(ncn1)SCc1cc(C(C)(C)C)cc(c1OC)CSc1cc(ncn1)SCc1cc(C(C)(C)C)cc(c1OC)CSc1cc(ncn1)SC2. The number of hydrogen-bond donors (Lipinski definition) is 0. The van der Waals surface area contributed by atoms with Gasteiger partial charge >= 0.3 is 0 Å². The third kappa shape index (κ3) is 12.9. The van der Waals surface area contributed by atoms with Crippen molar-refractivity contribution in [3.05, 3.63) is 124 Å². The van der Waals surface area contributed by atoms with E-state index < -0.39 is 0 Å². The van der Waals surface area contributed by atoms with Gasteiger partial charge in [0, 0.05) is 86.1 Å². The summed E-state index contributed by atoms with van der Waals surface area (Å²) in [5.41, 5.74) is 10.4. The van der Waals surface area contributed by atoms with E-state index in [1.807, 2.05) is 0 Å². The van der Waals surface area contributed by atoms with E-state index in [0.717, 1.165) is 80.8 Å². The Morgan fingerprint density at radius 3 is 0.652 bits per heavy atom. The highest BCUT2D eigenvalue weighted by Gasteiger charge is 2.24. The minimum Gasteiger partial charge on any atom is -0.496 e. The molecule has 0 aliphatic carbocycles. The summed E-state index contributed by atoms with van der Waals surface area (Å²) in [4.78, 5) is 28.2. The van der Waals surface area contributed by atoms with Crippen LogP contribution in [0.1, 0.15) is 112 Å². The predicted octanol–water partition coefficient (Wildman–Crippen LogP) is 14.0. The molecule has 0 fully saturated rings. The van der Waals surface area contributed by atoms with Crippen LogP contribution in [0.4, 0.5) is 0 Å². The Labute approximate surface area is 417 Å². The van der Waals surface area contributed by atoms with Crippen molar-refractivity contribution in [1.82, 2.24) is 29.9 Å². The number of thioether (sulfide) groups is 6. The van der Waals surface area contributed by atoms with Crippen molar-refractivity contribution in [2.75, 3.05) is 21.3 Å². The molecule has 12 bridgehead atoms. The summed E-state index contributed by atoms with van der Waals surface area (Å²) in [6.45, 7) is 20.3. The molecule has 0 unspecified atom stereocenters. The number of hydrogen-bond acceptors (Lipinski definition) is 15. The Hall–Kier alpha value is -3.60. The molecule has 66 heavy (non-hydrogen) atoms. The summed E-state index contributed by atoms with van der Waals surface area (Å²) >= 11 is 10.2. The lowest BCUT2D eigenvalue weighted by Gasteiger charge is -2.24. The zero-order chi connectivity index (χ0) is 47.2. The maximum atomic E-state index is 6.20. The van der Waals surface area contributed by atoms with Crippen LogP contribution < -0.4 is 14.2 Å². The van der Waals surface area contributed by atoms with Gasteiger partial charge in [-0.1, -0.05) is 98.7 Å². The highest BCUT2D eigenvalue weighted by molar-refractivity contribution is 8.00. The van der Waals surface area contributed by atoms with Crippen LogP contribution >= 0.6 is 70.6 Å². The summed E-state index contributed by atoms with van der Waals surface area (Å²) in [5.74, 6) is 6.84. The van der Waals surface area contributed by atoms with Gasteiger partial charge in [0.25, 0.3) is 0 Å². The Kier molecular flexibility index (Phi) is 16.6. The molecule has 6 aromatic rings. The van der Waals surface area contributed by atoms with Gasteiger partial charge in [-0.05, 0) is 32.9 Å². The summed E-state index contributed by atoms with van der Waals surface area (Å²) in [6.07, 6.45) is 5.01. The number of methoxy groups -OCH3 is 3. The predicted molar refractivity (Wildman–Crippen MR) is 279 cm³/mol. The fraction of sp³-hybridized carbons (Fsp3) is 0.412. The Morgan fingerprint density at radius 2 is 0.500 bits per heavy atom. The maximum Gasteiger partial charge on any atom is 0.126 e. The van der Waals surface area contributed by atoms with E-state index in [-0.39, 0.29) is 16.2 Å². The molecule has 3 aromatic heterocycles. The van der Waals surface area contributed by atoms with Crippen LogP contribution in [-0.2, 0) is 50.8 Å². The molecule has 348 valence electrons. The van der Waals surface area contributed by atoms with E-state index in [9.17, 15) is 0 Å². The Balaban J connectivity index is 1.28. The van der Waals surface area contributed by atoms with Gasteiger partial charge < -0.3 is 14.2 Å². The number of nitrogens with zero attached hydrogens (tertiary/aromatic N) is 6. The molecule has 0 radical (unpaired) electrons. The molecule has 0 amide bonds. The minimum absolute atomic E-state index is 0.0639. The van der Waals surface area contributed by atoms with Crippen molar-refractivity contribution >= 4 is 70.6 Å². The smallest absolute Gasteiger partial charge is 0.126 e. The molecule has 3 aromatic carbocycles. The van der Waals surface area contributed by atoms with E-state index in [4.69, 9.17) is 44.1 Å². The lowest BCUT2D eigenvalue weighted by atomic mass is 9.85. The lowest BCUT2D eigenvalue weighted by molar-refractivity contribution is 0.407. The van der Waals surface area contributed by atoms with Gasteiger partial charge in [-0.3, -0.25) is 0 Å². The van der Waals surface area contributed by atoms with Crippen LogP contribution in [0.5, 0.6) is 17.2 Å². The van der Waals surface area contributed by atoms with E-state index in [1.54, 1.807) is 111 Å². The van der Waals surface area contributed by atoms with E-state index in [2.05, 4.69) is 117 Å². The van der Waals surface area contributed by atoms with Crippen molar-refractivity contribution in [1.29, 1.82) is 0 Å². The first kappa shape index (κ1) is 50.3. The van der Waals surface area contributed by atoms with Gasteiger partial charge in [0.1, 0.15) is 66.4 Å².